The van der Waals surface area contributed by atoms with Crippen LogP contribution in [0.3, 0.4) is 0 Å². The molecule has 1 aromatic heterocycles. The fraction of sp³-hybridized carbons (Fsp3) is 0.520. The second-order valence-corrected chi connectivity index (χ2v) is 10.8. The van der Waals surface area contributed by atoms with E-state index in [0.717, 1.165) is 30.5 Å². The summed E-state index contributed by atoms with van der Waals surface area (Å²) in [6.45, 7) is 13.4. The van der Waals surface area contributed by atoms with Crippen molar-refractivity contribution in [3.05, 3.63) is 64.0 Å². The Morgan fingerprint density at radius 3 is 2.39 bits per heavy atom. The molecular weight excluding hydrogens is 344 g/mol. The first-order valence-corrected chi connectivity index (χ1v) is 10.4. The molecule has 148 valence electrons. The van der Waals surface area contributed by atoms with Gasteiger partial charge in [-0.2, -0.15) is 5.10 Å². The van der Waals surface area contributed by atoms with E-state index in [-0.39, 0.29) is 10.8 Å². The molecular formula is C25H32N2O. The summed E-state index contributed by atoms with van der Waals surface area (Å²) in [6, 6.07) is 10.5. The minimum atomic E-state index is -0.439. The second-order valence-electron chi connectivity index (χ2n) is 10.8. The lowest BCUT2D eigenvalue weighted by molar-refractivity contribution is -0.118. The molecule has 0 aliphatic heterocycles. The van der Waals surface area contributed by atoms with E-state index >= 15 is 0 Å². The number of carbonyl (C=O) groups excluding carboxylic acids is 1. The van der Waals surface area contributed by atoms with Crippen LogP contribution in [-0.2, 0) is 23.1 Å². The van der Waals surface area contributed by atoms with E-state index in [2.05, 4.69) is 70.9 Å². The number of Topliss-reactive ketones (excluding diaryl/α,β-unsaturated/α-hetero) is 1. The number of hydrogen-bond acceptors (Lipinski definition) is 2. The highest BCUT2D eigenvalue weighted by atomic mass is 16.1. The highest BCUT2D eigenvalue weighted by molar-refractivity contribution is 6.01. The van der Waals surface area contributed by atoms with Crippen LogP contribution in [0.4, 0.5) is 0 Å². The monoisotopic (exact) mass is 376 g/mol. The molecule has 1 N–H and O–H groups in total. The minimum absolute atomic E-state index is 0.0271. The number of fused-ring (bicyclic) bond motifs is 1. The van der Waals surface area contributed by atoms with E-state index in [4.69, 9.17) is 5.10 Å². The Balaban J connectivity index is 1.98. The molecule has 3 nitrogen and oxygen atoms in total. The maximum atomic E-state index is 13.5. The van der Waals surface area contributed by atoms with Gasteiger partial charge < -0.3 is 0 Å². The lowest BCUT2D eigenvalue weighted by Gasteiger charge is -2.44. The molecule has 0 spiro atoms. The number of aromatic nitrogens is 2. The van der Waals surface area contributed by atoms with Crippen molar-refractivity contribution in [2.75, 3.05) is 0 Å². The van der Waals surface area contributed by atoms with Crippen molar-refractivity contribution in [1.82, 2.24) is 10.2 Å². The van der Waals surface area contributed by atoms with Crippen molar-refractivity contribution in [1.29, 1.82) is 0 Å². The number of carbonyl (C=O) groups is 1. The number of benzene rings is 1. The van der Waals surface area contributed by atoms with E-state index in [1.165, 1.54) is 22.4 Å². The maximum Gasteiger partial charge on any atom is 0.160 e. The lowest BCUT2D eigenvalue weighted by Crippen LogP contribution is -2.41. The van der Waals surface area contributed by atoms with Crippen LogP contribution in [0, 0.1) is 10.8 Å². The predicted octanol–water partition coefficient (Wildman–Crippen LogP) is 5.55. The van der Waals surface area contributed by atoms with Crippen molar-refractivity contribution in [3.8, 4) is 0 Å². The molecule has 28 heavy (non-hydrogen) atoms. The Morgan fingerprint density at radius 2 is 1.75 bits per heavy atom. The number of nitrogens with zero attached hydrogens (tertiary/aromatic N) is 1. The summed E-state index contributed by atoms with van der Waals surface area (Å²) in [5.41, 5.74) is 6.77. The fourth-order valence-electron chi connectivity index (χ4n) is 5.40. The van der Waals surface area contributed by atoms with Gasteiger partial charge in [-0.3, -0.25) is 9.89 Å². The first-order valence-electron chi connectivity index (χ1n) is 10.4. The highest BCUT2D eigenvalue weighted by Gasteiger charge is 2.49. The quantitative estimate of drug-likeness (QED) is 0.747. The molecule has 1 heterocycles. The van der Waals surface area contributed by atoms with Crippen molar-refractivity contribution in [2.24, 2.45) is 10.8 Å². The molecule has 1 unspecified atom stereocenters. The topological polar surface area (TPSA) is 45.8 Å². The highest BCUT2D eigenvalue weighted by Crippen LogP contribution is 2.53. The van der Waals surface area contributed by atoms with Crippen LogP contribution in [0.2, 0.25) is 0 Å². The van der Waals surface area contributed by atoms with Crippen LogP contribution in [0.5, 0.6) is 0 Å². The largest absolute Gasteiger partial charge is 0.294 e. The first-order chi connectivity index (χ1) is 13.0. The van der Waals surface area contributed by atoms with Gasteiger partial charge in [0.2, 0.25) is 0 Å². The summed E-state index contributed by atoms with van der Waals surface area (Å²) in [4.78, 5) is 13.5. The van der Waals surface area contributed by atoms with Crippen molar-refractivity contribution in [3.63, 3.8) is 0 Å². The van der Waals surface area contributed by atoms with Gasteiger partial charge in [0.15, 0.2) is 5.78 Å². The molecule has 0 saturated carbocycles. The molecule has 0 bridgehead atoms. The van der Waals surface area contributed by atoms with Gasteiger partial charge in [-0.1, -0.05) is 70.5 Å². The second kappa shape index (κ2) is 6.17. The van der Waals surface area contributed by atoms with Crippen LogP contribution in [-0.4, -0.2) is 16.0 Å². The molecule has 1 atom stereocenters. The van der Waals surface area contributed by atoms with Gasteiger partial charge in [0.25, 0.3) is 0 Å². The van der Waals surface area contributed by atoms with Gasteiger partial charge in [0.05, 0.1) is 5.69 Å². The third kappa shape index (κ3) is 3.05. The number of ketones is 1. The zero-order chi connectivity index (χ0) is 20.3. The summed E-state index contributed by atoms with van der Waals surface area (Å²) >= 11 is 0. The van der Waals surface area contributed by atoms with Crippen molar-refractivity contribution >= 4 is 5.78 Å². The van der Waals surface area contributed by atoms with Crippen LogP contribution >= 0.6 is 0 Å². The molecule has 4 rings (SSSR count). The van der Waals surface area contributed by atoms with Crippen LogP contribution in [0.25, 0.3) is 0 Å². The van der Waals surface area contributed by atoms with Gasteiger partial charge in [0, 0.05) is 35.1 Å². The smallest absolute Gasteiger partial charge is 0.160 e. The van der Waals surface area contributed by atoms with Crippen molar-refractivity contribution in [2.45, 2.75) is 72.6 Å². The molecule has 2 aliphatic carbocycles. The summed E-state index contributed by atoms with van der Waals surface area (Å²) in [5.74, 6) is 0.311. The van der Waals surface area contributed by atoms with E-state index in [1.54, 1.807) is 0 Å². The Hall–Kier alpha value is -2.16. The molecule has 3 heteroatoms. The third-order valence-corrected chi connectivity index (χ3v) is 6.32. The first kappa shape index (κ1) is 19.2. The van der Waals surface area contributed by atoms with E-state index in [9.17, 15) is 4.79 Å². The van der Waals surface area contributed by atoms with Gasteiger partial charge in [-0.25, -0.2) is 0 Å². The standard InChI is InChI=1S/C25H32N2O/c1-23(2,3)14-19-22-18(26-27-19)12-16-13-24(4,5)15-20(28)21(16)25(22,6)17-10-8-7-9-11-17/h7-11H,12-15H2,1-6H3,(H,26,27). The Morgan fingerprint density at radius 1 is 1.07 bits per heavy atom. The van der Waals surface area contributed by atoms with E-state index < -0.39 is 5.41 Å². The number of rotatable bonds is 2. The number of H-pyrrole nitrogens is 1. The molecule has 2 aromatic rings. The normalized spacial score (nSPS) is 24.1. The Labute approximate surface area is 168 Å². The average molecular weight is 377 g/mol. The summed E-state index contributed by atoms with van der Waals surface area (Å²) in [6.07, 6.45) is 3.31. The van der Waals surface area contributed by atoms with E-state index in [0.29, 0.717) is 12.2 Å². The lowest BCUT2D eigenvalue weighted by atomic mass is 9.58. The van der Waals surface area contributed by atoms with Gasteiger partial charge in [-0.05, 0) is 36.2 Å². The van der Waals surface area contributed by atoms with Gasteiger partial charge in [0.1, 0.15) is 0 Å². The number of allylic oxidation sites excluding steroid dienone is 2. The molecule has 0 amide bonds. The van der Waals surface area contributed by atoms with Gasteiger partial charge >= 0.3 is 0 Å². The molecule has 0 radical (unpaired) electrons. The maximum absolute atomic E-state index is 13.5. The number of hydrogen-bond donors (Lipinski definition) is 1. The van der Waals surface area contributed by atoms with Crippen LogP contribution < -0.4 is 0 Å². The molecule has 1 aromatic carbocycles. The Kier molecular flexibility index (Phi) is 4.22. The molecule has 0 fully saturated rings. The van der Waals surface area contributed by atoms with E-state index in [1.807, 2.05) is 6.07 Å². The number of nitrogens with one attached hydrogen (secondary N) is 1. The zero-order valence-electron chi connectivity index (χ0n) is 18.1. The minimum Gasteiger partial charge on any atom is -0.294 e. The Bertz CT molecular complexity index is 956. The number of aromatic amines is 1. The van der Waals surface area contributed by atoms with Crippen LogP contribution in [0.1, 0.15) is 76.9 Å². The SMILES string of the molecule is CC(C)(C)Cc1n[nH]c2c1C(C)(c1ccccc1)C1=C(C2)CC(C)(C)CC1=O. The fourth-order valence-corrected chi connectivity index (χ4v) is 5.40. The summed E-state index contributed by atoms with van der Waals surface area (Å²) in [7, 11) is 0. The van der Waals surface area contributed by atoms with Crippen LogP contribution in [0.15, 0.2) is 41.5 Å². The van der Waals surface area contributed by atoms with Gasteiger partial charge in [-0.15, -0.1) is 0 Å². The molecule has 0 saturated heterocycles. The molecule has 2 aliphatic rings. The van der Waals surface area contributed by atoms with Crippen molar-refractivity contribution < 1.29 is 4.79 Å². The summed E-state index contributed by atoms with van der Waals surface area (Å²) < 4.78 is 0. The third-order valence-electron chi connectivity index (χ3n) is 6.32. The summed E-state index contributed by atoms with van der Waals surface area (Å²) in [5, 5.41) is 8.11. The average Bonchev–Trinajstić information content (AvgIpc) is 2.95. The zero-order valence-corrected chi connectivity index (χ0v) is 18.1. The predicted molar refractivity (Wildman–Crippen MR) is 113 cm³/mol.